The molecule has 3 nitrogen and oxygen atoms in total. The number of halogens is 3. The third-order valence-corrected chi connectivity index (χ3v) is 2.61. The number of pyridine rings is 1. The van der Waals surface area contributed by atoms with Crippen LogP contribution in [0.2, 0.25) is 0 Å². The van der Waals surface area contributed by atoms with Crippen molar-refractivity contribution >= 4 is 5.82 Å². The average Bonchev–Trinajstić information content (AvgIpc) is 2.26. The molecule has 0 saturated carbocycles. The Morgan fingerprint density at radius 1 is 1.28 bits per heavy atom. The second kappa shape index (κ2) is 5.56. The Balaban J connectivity index is 2.69. The summed E-state index contributed by atoms with van der Waals surface area (Å²) in [5, 5.41) is 2.92. The first-order chi connectivity index (χ1) is 8.24. The van der Waals surface area contributed by atoms with Crippen LogP contribution in [0, 0.1) is 5.41 Å². The van der Waals surface area contributed by atoms with Gasteiger partial charge in [-0.05, 0) is 30.5 Å². The summed E-state index contributed by atoms with van der Waals surface area (Å²) < 4.78 is 37.4. The van der Waals surface area contributed by atoms with Crippen LogP contribution in [-0.2, 0) is 6.18 Å². The summed E-state index contributed by atoms with van der Waals surface area (Å²) in [5.41, 5.74) is 4.51. The van der Waals surface area contributed by atoms with Gasteiger partial charge < -0.3 is 11.1 Å². The van der Waals surface area contributed by atoms with Crippen LogP contribution in [0.3, 0.4) is 0 Å². The van der Waals surface area contributed by atoms with Gasteiger partial charge in [0.1, 0.15) is 11.5 Å². The minimum Gasteiger partial charge on any atom is -0.370 e. The highest BCUT2D eigenvalue weighted by molar-refractivity contribution is 5.36. The predicted molar refractivity (Wildman–Crippen MR) is 65.2 cm³/mol. The summed E-state index contributed by atoms with van der Waals surface area (Å²) in [6.45, 7) is 5.07. The number of nitrogens with one attached hydrogen (secondary N) is 1. The fraction of sp³-hybridized carbons (Fsp3) is 0.583. The molecule has 18 heavy (non-hydrogen) atoms. The molecule has 0 unspecified atom stereocenters. The highest BCUT2D eigenvalue weighted by Gasteiger charge is 2.32. The molecular weight excluding hydrogens is 243 g/mol. The van der Waals surface area contributed by atoms with Gasteiger partial charge in [0, 0.05) is 6.54 Å². The van der Waals surface area contributed by atoms with Gasteiger partial charge in [-0.1, -0.05) is 19.9 Å². The number of anilines is 1. The normalized spacial score (nSPS) is 12.6. The zero-order valence-electron chi connectivity index (χ0n) is 10.5. The molecule has 0 aromatic carbocycles. The molecule has 1 heterocycles. The van der Waals surface area contributed by atoms with Gasteiger partial charge in [-0.15, -0.1) is 0 Å². The van der Waals surface area contributed by atoms with Crippen LogP contribution in [0.25, 0.3) is 0 Å². The van der Waals surface area contributed by atoms with Crippen molar-refractivity contribution < 1.29 is 13.2 Å². The lowest BCUT2D eigenvalue weighted by atomic mass is 9.89. The lowest BCUT2D eigenvalue weighted by Gasteiger charge is -2.24. The monoisotopic (exact) mass is 261 g/mol. The van der Waals surface area contributed by atoms with Crippen LogP contribution in [-0.4, -0.2) is 18.1 Å². The number of hydrogen-bond donors (Lipinski definition) is 2. The molecule has 0 fully saturated rings. The molecule has 3 N–H and O–H groups in total. The highest BCUT2D eigenvalue weighted by Crippen LogP contribution is 2.28. The fourth-order valence-corrected chi connectivity index (χ4v) is 1.50. The first kappa shape index (κ1) is 14.8. The van der Waals surface area contributed by atoms with Crippen LogP contribution in [0.5, 0.6) is 0 Å². The third-order valence-electron chi connectivity index (χ3n) is 2.61. The van der Waals surface area contributed by atoms with Crippen molar-refractivity contribution in [2.24, 2.45) is 11.1 Å². The topological polar surface area (TPSA) is 50.9 Å². The van der Waals surface area contributed by atoms with Crippen molar-refractivity contribution in [3.05, 3.63) is 23.9 Å². The van der Waals surface area contributed by atoms with E-state index in [9.17, 15) is 13.2 Å². The molecule has 1 rings (SSSR count). The fourth-order valence-electron chi connectivity index (χ4n) is 1.50. The maximum Gasteiger partial charge on any atom is 0.433 e. The zero-order chi connectivity index (χ0) is 13.8. The highest BCUT2D eigenvalue weighted by atomic mass is 19.4. The summed E-state index contributed by atoms with van der Waals surface area (Å²) >= 11 is 0. The van der Waals surface area contributed by atoms with E-state index >= 15 is 0 Å². The van der Waals surface area contributed by atoms with E-state index in [0.717, 1.165) is 12.5 Å². The minimum atomic E-state index is -4.41. The number of nitrogens with two attached hydrogens (primary N) is 1. The van der Waals surface area contributed by atoms with E-state index in [1.54, 1.807) is 0 Å². The van der Waals surface area contributed by atoms with E-state index in [-0.39, 0.29) is 11.2 Å². The number of alkyl halides is 3. The first-order valence-electron chi connectivity index (χ1n) is 5.73. The van der Waals surface area contributed by atoms with Crippen molar-refractivity contribution in [2.75, 3.05) is 18.4 Å². The molecule has 102 valence electrons. The Bertz CT molecular complexity index is 388. The van der Waals surface area contributed by atoms with Gasteiger partial charge in [0.25, 0.3) is 0 Å². The van der Waals surface area contributed by atoms with Gasteiger partial charge in [-0.3, -0.25) is 0 Å². The molecule has 0 saturated heterocycles. The van der Waals surface area contributed by atoms with Crippen molar-refractivity contribution in [2.45, 2.75) is 26.4 Å². The molecule has 0 radical (unpaired) electrons. The Kier molecular flexibility index (Phi) is 4.56. The smallest absolute Gasteiger partial charge is 0.370 e. The van der Waals surface area contributed by atoms with Crippen LogP contribution < -0.4 is 11.1 Å². The van der Waals surface area contributed by atoms with E-state index in [4.69, 9.17) is 5.73 Å². The standard InChI is InChI=1S/C12H18F3N3/c1-11(2,6-7-16)8-17-10-5-3-4-9(18-10)12(13,14)15/h3-5H,6-8,16H2,1-2H3,(H,17,18). The van der Waals surface area contributed by atoms with E-state index in [0.29, 0.717) is 13.1 Å². The lowest BCUT2D eigenvalue weighted by Crippen LogP contribution is -2.26. The first-order valence-corrected chi connectivity index (χ1v) is 5.73. The second-order valence-electron chi connectivity index (χ2n) is 4.96. The SMILES string of the molecule is CC(C)(CCN)CNc1cccc(C(F)(F)F)n1. The molecule has 1 aromatic rings. The molecule has 0 aliphatic carbocycles. The Hall–Kier alpha value is -1.30. The minimum absolute atomic E-state index is 0.0787. The van der Waals surface area contributed by atoms with Crippen LogP contribution >= 0.6 is 0 Å². The largest absolute Gasteiger partial charge is 0.433 e. The summed E-state index contributed by atoms with van der Waals surface area (Å²) in [6, 6.07) is 3.82. The van der Waals surface area contributed by atoms with Gasteiger partial charge in [0.05, 0.1) is 0 Å². The van der Waals surface area contributed by atoms with Crippen LogP contribution in [0.1, 0.15) is 26.0 Å². The molecule has 0 amide bonds. The van der Waals surface area contributed by atoms with E-state index in [1.807, 2.05) is 13.8 Å². The Labute approximate surface area is 105 Å². The van der Waals surface area contributed by atoms with Crippen molar-refractivity contribution in [1.29, 1.82) is 0 Å². The van der Waals surface area contributed by atoms with E-state index < -0.39 is 11.9 Å². The Morgan fingerprint density at radius 3 is 2.50 bits per heavy atom. The number of rotatable bonds is 5. The van der Waals surface area contributed by atoms with E-state index in [2.05, 4.69) is 10.3 Å². The molecule has 0 spiro atoms. The molecule has 0 aliphatic heterocycles. The lowest BCUT2D eigenvalue weighted by molar-refractivity contribution is -0.141. The zero-order valence-corrected chi connectivity index (χ0v) is 10.5. The van der Waals surface area contributed by atoms with Gasteiger partial charge in [0.15, 0.2) is 0 Å². The molecule has 0 aliphatic rings. The van der Waals surface area contributed by atoms with E-state index in [1.165, 1.54) is 12.1 Å². The second-order valence-corrected chi connectivity index (χ2v) is 4.96. The van der Waals surface area contributed by atoms with Crippen molar-refractivity contribution in [3.8, 4) is 0 Å². The third kappa shape index (κ3) is 4.52. The van der Waals surface area contributed by atoms with Gasteiger partial charge in [-0.25, -0.2) is 4.98 Å². The maximum absolute atomic E-state index is 12.5. The summed E-state index contributed by atoms with van der Waals surface area (Å²) in [7, 11) is 0. The number of aromatic nitrogens is 1. The number of nitrogens with zero attached hydrogens (tertiary/aromatic N) is 1. The summed E-state index contributed by atoms with van der Waals surface area (Å²) in [4.78, 5) is 3.54. The van der Waals surface area contributed by atoms with Crippen molar-refractivity contribution in [3.63, 3.8) is 0 Å². The molecular formula is C12H18F3N3. The average molecular weight is 261 g/mol. The van der Waals surface area contributed by atoms with Gasteiger partial charge in [-0.2, -0.15) is 13.2 Å². The summed E-state index contributed by atoms with van der Waals surface area (Å²) in [5.74, 6) is 0.231. The van der Waals surface area contributed by atoms with Gasteiger partial charge in [0.2, 0.25) is 0 Å². The predicted octanol–water partition coefficient (Wildman–Crippen LogP) is 2.89. The van der Waals surface area contributed by atoms with Crippen LogP contribution in [0.15, 0.2) is 18.2 Å². The molecule has 1 aromatic heterocycles. The van der Waals surface area contributed by atoms with Crippen LogP contribution in [0.4, 0.5) is 19.0 Å². The Morgan fingerprint density at radius 2 is 1.94 bits per heavy atom. The molecule has 0 atom stereocenters. The maximum atomic E-state index is 12.5. The number of hydrogen-bond acceptors (Lipinski definition) is 3. The quantitative estimate of drug-likeness (QED) is 0.857. The van der Waals surface area contributed by atoms with Gasteiger partial charge >= 0.3 is 6.18 Å². The summed E-state index contributed by atoms with van der Waals surface area (Å²) in [6.07, 6.45) is -3.62. The molecule has 0 bridgehead atoms. The molecule has 6 heteroatoms. The van der Waals surface area contributed by atoms with Crippen molar-refractivity contribution in [1.82, 2.24) is 4.98 Å².